The van der Waals surface area contributed by atoms with Crippen molar-refractivity contribution in [1.82, 2.24) is 9.55 Å². The Bertz CT molecular complexity index is 748. The highest BCUT2D eigenvalue weighted by Gasteiger charge is 2.17. The van der Waals surface area contributed by atoms with Crippen molar-refractivity contribution in [3.8, 4) is 11.1 Å². The summed E-state index contributed by atoms with van der Waals surface area (Å²) in [6.07, 6.45) is 1.62. The fraction of sp³-hybridized carbons (Fsp3) is 0.333. The second-order valence-corrected chi connectivity index (χ2v) is 5.75. The van der Waals surface area contributed by atoms with Crippen molar-refractivity contribution < 1.29 is 0 Å². The molecule has 0 saturated carbocycles. The molecule has 112 valence electrons. The molecule has 1 aromatic carbocycles. The highest BCUT2D eigenvalue weighted by Crippen LogP contribution is 2.24. The van der Waals surface area contributed by atoms with E-state index in [1.54, 1.807) is 24.3 Å². The van der Waals surface area contributed by atoms with Gasteiger partial charge in [-0.15, -0.1) is 0 Å². The van der Waals surface area contributed by atoms with Gasteiger partial charge in [-0.2, -0.15) is 0 Å². The minimum absolute atomic E-state index is 0.0484. The maximum atomic E-state index is 12.6. The first kappa shape index (κ1) is 15.9. The average molecular weight is 327 g/mol. The molecule has 2 rings (SSSR count). The lowest BCUT2D eigenvalue weighted by molar-refractivity contribution is 0.466. The summed E-state index contributed by atoms with van der Waals surface area (Å²) in [5.74, 6) is 0. The van der Waals surface area contributed by atoms with Crippen molar-refractivity contribution in [2.24, 2.45) is 0 Å². The molecule has 1 aromatic heterocycles. The number of nitrogens with one attached hydrogen (secondary N) is 1. The fourth-order valence-electron chi connectivity index (χ4n) is 2.34. The monoisotopic (exact) mass is 326 g/mol. The van der Waals surface area contributed by atoms with Gasteiger partial charge in [-0.25, -0.2) is 4.79 Å². The van der Waals surface area contributed by atoms with Gasteiger partial charge in [0.15, 0.2) is 0 Å². The highest BCUT2D eigenvalue weighted by atomic mass is 35.5. The van der Waals surface area contributed by atoms with Crippen molar-refractivity contribution >= 4 is 23.2 Å². The Balaban J connectivity index is 2.67. The molecule has 0 fully saturated rings. The number of hydrogen-bond donors (Lipinski definition) is 1. The van der Waals surface area contributed by atoms with Gasteiger partial charge in [-0.1, -0.05) is 48.7 Å². The SMILES string of the molecule is CCCC(C)n1c(=O)[nH]c(Cl)c(-c2ccc(Cl)cc2)c1=O. The zero-order valence-electron chi connectivity index (χ0n) is 11.8. The Labute approximate surface area is 132 Å². The minimum Gasteiger partial charge on any atom is -0.297 e. The maximum absolute atomic E-state index is 12.6. The van der Waals surface area contributed by atoms with Crippen LogP contribution >= 0.6 is 23.2 Å². The molecule has 0 saturated heterocycles. The van der Waals surface area contributed by atoms with Gasteiger partial charge in [0.05, 0.1) is 5.56 Å². The molecule has 0 radical (unpaired) electrons. The third kappa shape index (κ3) is 3.22. The van der Waals surface area contributed by atoms with Gasteiger partial charge >= 0.3 is 5.69 Å². The Morgan fingerprint density at radius 2 is 1.81 bits per heavy atom. The van der Waals surface area contributed by atoms with Gasteiger partial charge in [-0.05, 0) is 31.0 Å². The van der Waals surface area contributed by atoms with Gasteiger partial charge in [0.25, 0.3) is 5.56 Å². The Morgan fingerprint density at radius 3 is 2.38 bits per heavy atom. The van der Waals surface area contributed by atoms with E-state index in [-0.39, 0.29) is 22.3 Å². The molecule has 6 heteroatoms. The van der Waals surface area contributed by atoms with Crippen LogP contribution in [-0.2, 0) is 0 Å². The Kier molecular flexibility index (Phi) is 4.91. The fourth-order valence-corrected chi connectivity index (χ4v) is 2.73. The summed E-state index contributed by atoms with van der Waals surface area (Å²) in [7, 11) is 0. The number of aromatic nitrogens is 2. The van der Waals surface area contributed by atoms with E-state index in [0.717, 1.165) is 12.8 Å². The third-order valence-corrected chi connectivity index (χ3v) is 3.90. The average Bonchev–Trinajstić information content (AvgIpc) is 2.40. The number of nitrogens with zero attached hydrogens (tertiary/aromatic N) is 1. The number of aromatic amines is 1. The van der Waals surface area contributed by atoms with E-state index < -0.39 is 5.69 Å². The molecule has 0 aliphatic carbocycles. The third-order valence-electron chi connectivity index (χ3n) is 3.37. The molecular weight excluding hydrogens is 311 g/mol. The first-order valence-corrected chi connectivity index (χ1v) is 7.51. The van der Waals surface area contributed by atoms with E-state index in [1.807, 2.05) is 13.8 Å². The van der Waals surface area contributed by atoms with Crippen molar-refractivity contribution in [3.63, 3.8) is 0 Å². The first-order valence-electron chi connectivity index (χ1n) is 6.76. The Morgan fingerprint density at radius 1 is 1.19 bits per heavy atom. The molecule has 1 N–H and O–H groups in total. The summed E-state index contributed by atoms with van der Waals surface area (Å²) in [4.78, 5) is 27.2. The van der Waals surface area contributed by atoms with Crippen molar-refractivity contribution in [1.29, 1.82) is 0 Å². The standard InChI is InChI=1S/C15H16Cl2N2O2/c1-3-4-9(2)19-14(20)12(13(17)18-15(19)21)10-5-7-11(16)8-6-10/h5-9H,3-4H2,1-2H3,(H,18,21). The molecule has 1 unspecified atom stereocenters. The van der Waals surface area contributed by atoms with Crippen LogP contribution in [0.5, 0.6) is 0 Å². The van der Waals surface area contributed by atoms with E-state index in [4.69, 9.17) is 23.2 Å². The maximum Gasteiger partial charge on any atom is 0.329 e. The number of benzene rings is 1. The van der Waals surface area contributed by atoms with Crippen LogP contribution in [0.25, 0.3) is 11.1 Å². The van der Waals surface area contributed by atoms with Crippen LogP contribution in [0.1, 0.15) is 32.7 Å². The molecule has 0 aliphatic heterocycles. The van der Waals surface area contributed by atoms with Gasteiger partial charge in [0.1, 0.15) is 5.15 Å². The number of H-pyrrole nitrogens is 1. The minimum atomic E-state index is -0.483. The van der Waals surface area contributed by atoms with Crippen molar-refractivity contribution in [2.45, 2.75) is 32.7 Å². The lowest BCUT2D eigenvalue weighted by Gasteiger charge is -2.15. The second-order valence-electron chi connectivity index (χ2n) is 4.94. The molecule has 0 aliphatic rings. The van der Waals surface area contributed by atoms with Crippen LogP contribution in [0, 0.1) is 0 Å². The van der Waals surface area contributed by atoms with Crippen LogP contribution in [-0.4, -0.2) is 9.55 Å². The smallest absolute Gasteiger partial charge is 0.297 e. The van der Waals surface area contributed by atoms with Gasteiger partial charge < -0.3 is 0 Å². The molecule has 0 spiro atoms. The zero-order chi connectivity index (χ0) is 15.6. The summed E-state index contributed by atoms with van der Waals surface area (Å²) < 4.78 is 1.22. The molecule has 21 heavy (non-hydrogen) atoms. The van der Waals surface area contributed by atoms with Crippen LogP contribution in [0.2, 0.25) is 10.2 Å². The summed E-state index contributed by atoms with van der Waals surface area (Å²) in [6.45, 7) is 3.85. The predicted molar refractivity (Wildman–Crippen MR) is 86.4 cm³/mol. The second kappa shape index (κ2) is 6.50. The lowest BCUT2D eigenvalue weighted by Crippen LogP contribution is -2.38. The number of hydrogen-bond acceptors (Lipinski definition) is 2. The normalized spacial score (nSPS) is 12.4. The van der Waals surface area contributed by atoms with E-state index in [1.165, 1.54) is 4.57 Å². The van der Waals surface area contributed by atoms with Gasteiger partial charge in [0.2, 0.25) is 0 Å². The molecule has 4 nitrogen and oxygen atoms in total. The quantitative estimate of drug-likeness (QED) is 0.867. The van der Waals surface area contributed by atoms with Crippen molar-refractivity contribution in [2.75, 3.05) is 0 Å². The first-order chi connectivity index (χ1) is 9.95. The summed E-state index contributed by atoms with van der Waals surface area (Å²) in [5, 5.41) is 0.617. The topological polar surface area (TPSA) is 54.9 Å². The van der Waals surface area contributed by atoms with E-state index in [0.29, 0.717) is 10.6 Å². The molecule has 1 heterocycles. The van der Waals surface area contributed by atoms with E-state index in [2.05, 4.69) is 4.98 Å². The van der Waals surface area contributed by atoms with Crippen LogP contribution in [0.15, 0.2) is 33.9 Å². The highest BCUT2D eigenvalue weighted by molar-refractivity contribution is 6.32. The van der Waals surface area contributed by atoms with Gasteiger partial charge in [-0.3, -0.25) is 14.3 Å². The zero-order valence-corrected chi connectivity index (χ0v) is 13.3. The van der Waals surface area contributed by atoms with Crippen LogP contribution in [0.4, 0.5) is 0 Å². The van der Waals surface area contributed by atoms with Crippen molar-refractivity contribution in [3.05, 3.63) is 55.3 Å². The molecule has 0 amide bonds. The molecule has 2 aromatic rings. The summed E-state index contributed by atoms with van der Waals surface area (Å²) in [6, 6.07) is 6.58. The van der Waals surface area contributed by atoms with E-state index in [9.17, 15) is 9.59 Å². The Hall–Kier alpha value is -1.52. The van der Waals surface area contributed by atoms with Gasteiger partial charge in [0, 0.05) is 11.1 Å². The lowest BCUT2D eigenvalue weighted by atomic mass is 10.1. The molecule has 0 bridgehead atoms. The largest absolute Gasteiger partial charge is 0.329 e. The molecular formula is C15H16Cl2N2O2. The summed E-state index contributed by atoms with van der Waals surface area (Å²) >= 11 is 11.9. The van der Waals surface area contributed by atoms with Crippen LogP contribution in [0.3, 0.4) is 0 Å². The summed E-state index contributed by atoms with van der Waals surface area (Å²) in [5.41, 5.74) is 0.0506. The number of rotatable bonds is 4. The van der Waals surface area contributed by atoms with E-state index >= 15 is 0 Å². The van der Waals surface area contributed by atoms with Crippen LogP contribution < -0.4 is 11.2 Å². The predicted octanol–water partition coefficient (Wildman–Crippen LogP) is 3.87. The number of halogens is 2. The molecule has 1 atom stereocenters.